The van der Waals surface area contributed by atoms with Crippen molar-refractivity contribution < 1.29 is 23.9 Å². The molecular formula is C20H20O5. The van der Waals surface area contributed by atoms with Crippen LogP contribution in [0.5, 0.6) is 0 Å². The molecule has 0 aromatic heterocycles. The lowest BCUT2D eigenvalue weighted by molar-refractivity contribution is 0.0388. The number of hydrogen-bond acceptors (Lipinski definition) is 5. The van der Waals surface area contributed by atoms with Crippen LogP contribution in [-0.4, -0.2) is 37.9 Å². The van der Waals surface area contributed by atoms with Crippen molar-refractivity contribution in [3.05, 3.63) is 70.8 Å². The van der Waals surface area contributed by atoms with E-state index in [1.54, 1.807) is 48.5 Å². The second kappa shape index (κ2) is 8.89. The van der Waals surface area contributed by atoms with Crippen molar-refractivity contribution in [2.45, 2.75) is 13.3 Å². The van der Waals surface area contributed by atoms with Gasteiger partial charge in [0.2, 0.25) is 0 Å². The molecule has 0 heterocycles. The average Bonchev–Trinajstić information content (AvgIpc) is 2.62. The summed E-state index contributed by atoms with van der Waals surface area (Å²) in [6.45, 7) is 2.03. The van der Waals surface area contributed by atoms with E-state index in [0.717, 1.165) is 5.56 Å². The van der Waals surface area contributed by atoms with E-state index < -0.39 is 5.97 Å². The van der Waals surface area contributed by atoms with E-state index in [0.29, 0.717) is 23.3 Å². The minimum atomic E-state index is -0.448. The number of rotatable bonds is 8. The molecule has 0 saturated heterocycles. The van der Waals surface area contributed by atoms with E-state index in [9.17, 15) is 14.4 Å². The number of esters is 1. The highest BCUT2D eigenvalue weighted by Gasteiger charge is 2.11. The van der Waals surface area contributed by atoms with Gasteiger partial charge in [0.15, 0.2) is 11.6 Å². The molecular weight excluding hydrogens is 320 g/mol. The molecule has 2 aromatic rings. The molecule has 0 aliphatic heterocycles. The van der Waals surface area contributed by atoms with Crippen LogP contribution in [0.1, 0.15) is 43.6 Å². The van der Waals surface area contributed by atoms with Gasteiger partial charge < -0.3 is 9.47 Å². The number of Topliss-reactive ketones (excluding diaryl/α,β-unsaturated/α-hetero) is 2. The van der Waals surface area contributed by atoms with Gasteiger partial charge >= 0.3 is 5.97 Å². The number of carbonyl (C=O) groups excluding carboxylic acids is 3. The van der Waals surface area contributed by atoms with Gasteiger partial charge in [-0.2, -0.15) is 0 Å². The summed E-state index contributed by atoms with van der Waals surface area (Å²) in [5, 5.41) is 0. The Bertz CT molecular complexity index is 745. The van der Waals surface area contributed by atoms with Gasteiger partial charge in [-0.25, -0.2) is 4.79 Å². The lowest BCUT2D eigenvalue weighted by Gasteiger charge is -2.06. The number of methoxy groups -OCH3 is 1. The van der Waals surface area contributed by atoms with E-state index in [2.05, 4.69) is 0 Å². The molecule has 5 heteroatoms. The quantitative estimate of drug-likeness (QED) is 0.419. The van der Waals surface area contributed by atoms with Gasteiger partial charge in [0, 0.05) is 24.7 Å². The molecule has 2 aromatic carbocycles. The third-order valence-electron chi connectivity index (χ3n) is 3.69. The smallest absolute Gasteiger partial charge is 0.338 e. The first-order chi connectivity index (χ1) is 12.0. The van der Waals surface area contributed by atoms with Gasteiger partial charge in [-0.05, 0) is 24.6 Å². The van der Waals surface area contributed by atoms with Crippen LogP contribution in [0.4, 0.5) is 0 Å². The first-order valence-electron chi connectivity index (χ1n) is 7.90. The molecule has 2 rings (SSSR count). The van der Waals surface area contributed by atoms with Crippen molar-refractivity contribution in [3.63, 3.8) is 0 Å². The Balaban J connectivity index is 1.97. The maximum Gasteiger partial charge on any atom is 0.338 e. The van der Waals surface area contributed by atoms with E-state index in [4.69, 9.17) is 9.47 Å². The number of carbonyl (C=O) groups is 3. The molecule has 0 atom stereocenters. The SMILES string of the molecule is COCCOC(=O)c1ccc(C(=O)Cc2ccc(C(C)=O)cc2)cc1. The second-order valence-electron chi connectivity index (χ2n) is 5.56. The summed E-state index contributed by atoms with van der Waals surface area (Å²) in [6, 6.07) is 13.3. The summed E-state index contributed by atoms with van der Waals surface area (Å²) < 4.78 is 9.83. The molecule has 5 nitrogen and oxygen atoms in total. The van der Waals surface area contributed by atoms with Crippen LogP contribution in [0, 0.1) is 0 Å². The Morgan fingerprint density at radius 1 is 0.800 bits per heavy atom. The largest absolute Gasteiger partial charge is 0.460 e. The second-order valence-corrected chi connectivity index (χ2v) is 5.56. The number of ether oxygens (including phenoxy) is 2. The topological polar surface area (TPSA) is 69.7 Å². The Kier molecular flexibility index (Phi) is 6.60. The molecule has 0 aliphatic rings. The Morgan fingerprint density at radius 3 is 1.92 bits per heavy atom. The highest BCUT2D eigenvalue weighted by Crippen LogP contribution is 2.12. The van der Waals surface area contributed by atoms with Crippen molar-refractivity contribution >= 4 is 17.5 Å². The van der Waals surface area contributed by atoms with Crippen LogP contribution in [0.15, 0.2) is 48.5 Å². The van der Waals surface area contributed by atoms with Crippen molar-refractivity contribution in [1.82, 2.24) is 0 Å². The standard InChI is InChI=1S/C20H20O5/c1-14(21)16-5-3-15(4-6-16)13-19(22)17-7-9-18(10-8-17)20(23)25-12-11-24-2/h3-10H,11-13H2,1-2H3. The molecule has 0 N–H and O–H groups in total. The molecule has 0 aliphatic carbocycles. The Labute approximate surface area is 146 Å². The lowest BCUT2D eigenvalue weighted by atomic mass is 10.0. The predicted molar refractivity (Wildman–Crippen MR) is 93.1 cm³/mol. The Morgan fingerprint density at radius 2 is 1.36 bits per heavy atom. The summed E-state index contributed by atoms with van der Waals surface area (Å²) in [5.41, 5.74) is 2.35. The Hall–Kier alpha value is -2.79. The third-order valence-corrected chi connectivity index (χ3v) is 3.69. The fourth-order valence-corrected chi connectivity index (χ4v) is 2.24. The normalized spacial score (nSPS) is 10.3. The molecule has 0 fully saturated rings. The minimum Gasteiger partial charge on any atom is -0.460 e. The molecule has 0 radical (unpaired) electrons. The zero-order chi connectivity index (χ0) is 18.2. The fourth-order valence-electron chi connectivity index (χ4n) is 2.24. The highest BCUT2D eigenvalue weighted by atomic mass is 16.6. The maximum atomic E-state index is 12.3. The molecule has 25 heavy (non-hydrogen) atoms. The molecule has 0 unspecified atom stereocenters. The van der Waals surface area contributed by atoms with Crippen LogP contribution < -0.4 is 0 Å². The average molecular weight is 340 g/mol. The van der Waals surface area contributed by atoms with E-state index >= 15 is 0 Å². The van der Waals surface area contributed by atoms with E-state index in [1.807, 2.05) is 0 Å². The van der Waals surface area contributed by atoms with Crippen LogP contribution in [0.3, 0.4) is 0 Å². The summed E-state index contributed by atoms with van der Waals surface area (Å²) in [4.78, 5) is 35.4. The van der Waals surface area contributed by atoms with Crippen molar-refractivity contribution in [1.29, 1.82) is 0 Å². The number of hydrogen-bond donors (Lipinski definition) is 0. The molecule has 0 saturated carbocycles. The molecule has 0 spiro atoms. The molecule has 130 valence electrons. The summed E-state index contributed by atoms with van der Waals surface area (Å²) in [6.07, 6.45) is 0.232. The van der Waals surface area contributed by atoms with Crippen molar-refractivity contribution in [2.75, 3.05) is 20.3 Å². The molecule has 0 bridgehead atoms. The van der Waals surface area contributed by atoms with Crippen molar-refractivity contribution in [3.8, 4) is 0 Å². The monoisotopic (exact) mass is 340 g/mol. The fraction of sp³-hybridized carbons (Fsp3) is 0.250. The van der Waals surface area contributed by atoms with E-state index in [-0.39, 0.29) is 24.6 Å². The van der Waals surface area contributed by atoms with Gasteiger partial charge in [-0.15, -0.1) is 0 Å². The van der Waals surface area contributed by atoms with E-state index in [1.165, 1.54) is 14.0 Å². The lowest BCUT2D eigenvalue weighted by Crippen LogP contribution is -2.10. The third kappa shape index (κ3) is 5.36. The van der Waals surface area contributed by atoms with Gasteiger partial charge in [-0.3, -0.25) is 9.59 Å². The van der Waals surface area contributed by atoms with Gasteiger partial charge in [0.05, 0.1) is 12.2 Å². The summed E-state index contributed by atoms with van der Waals surface area (Å²) in [7, 11) is 1.53. The number of ketones is 2. The highest BCUT2D eigenvalue weighted by molar-refractivity contribution is 5.99. The first kappa shape index (κ1) is 18.5. The van der Waals surface area contributed by atoms with Crippen LogP contribution in [-0.2, 0) is 15.9 Å². The maximum absolute atomic E-state index is 12.3. The zero-order valence-electron chi connectivity index (χ0n) is 14.3. The summed E-state index contributed by atoms with van der Waals surface area (Å²) in [5.74, 6) is -0.517. The van der Waals surface area contributed by atoms with Crippen LogP contribution in [0.2, 0.25) is 0 Å². The van der Waals surface area contributed by atoms with Crippen LogP contribution >= 0.6 is 0 Å². The zero-order valence-corrected chi connectivity index (χ0v) is 14.3. The molecule has 0 amide bonds. The van der Waals surface area contributed by atoms with Gasteiger partial charge in [-0.1, -0.05) is 36.4 Å². The number of benzene rings is 2. The van der Waals surface area contributed by atoms with Gasteiger partial charge in [0.1, 0.15) is 6.61 Å². The summed E-state index contributed by atoms with van der Waals surface area (Å²) >= 11 is 0. The first-order valence-corrected chi connectivity index (χ1v) is 7.90. The van der Waals surface area contributed by atoms with Crippen LogP contribution in [0.25, 0.3) is 0 Å². The van der Waals surface area contributed by atoms with Crippen molar-refractivity contribution in [2.24, 2.45) is 0 Å². The minimum absolute atomic E-state index is 0.00847. The predicted octanol–water partition coefficient (Wildman–Crippen LogP) is 3.12. The van der Waals surface area contributed by atoms with Gasteiger partial charge in [0.25, 0.3) is 0 Å².